The minimum Gasteiger partial charge on any atom is -0.481 e. The van der Waals surface area contributed by atoms with Crippen molar-refractivity contribution in [3.63, 3.8) is 0 Å². The topological polar surface area (TPSA) is 60.9 Å². The summed E-state index contributed by atoms with van der Waals surface area (Å²) in [6.07, 6.45) is 2.47. The molecule has 1 atom stereocenters. The van der Waals surface area contributed by atoms with Crippen LogP contribution in [0.2, 0.25) is 0 Å². The maximum atomic E-state index is 12.5. The van der Waals surface area contributed by atoms with Gasteiger partial charge in [0.15, 0.2) is 0 Å². The monoisotopic (exact) mass is 288 g/mol. The summed E-state index contributed by atoms with van der Waals surface area (Å²) < 4.78 is 0. The molecule has 112 valence electrons. The van der Waals surface area contributed by atoms with Crippen molar-refractivity contribution in [2.75, 3.05) is 31.1 Å². The SMILES string of the molecule is O=C(O)[C@@H]1CCCN(CC(=O)N2CCc3ccccc32)C1. The Labute approximate surface area is 124 Å². The molecule has 0 radical (unpaired) electrons. The van der Waals surface area contributed by atoms with E-state index in [0.717, 1.165) is 31.6 Å². The second kappa shape index (κ2) is 5.85. The standard InChI is InChI=1S/C16H20N2O3/c19-15(11-17-8-3-5-13(10-17)16(20)21)18-9-7-12-4-1-2-6-14(12)18/h1-2,4,6,13H,3,5,7-11H2,(H,20,21)/t13-/m1/s1. The fourth-order valence-corrected chi connectivity index (χ4v) is 3.27. The van der Waals surface area contributed by atoms with Crippen LogP contribution in [-0.4, -0.2) is 48.1 Å². The number of aliphatic carboxylic acids is 1. The predicted octanol–water partition coefficient (Wildman–Crippen LogP) is 1.37. The zero-order valence-electron chi connectivity index (χ0n) is 12.0. The summed E-state index contributed by atoms with van der Waals surface area (Å²) in [5.41, 5.74) is 2.22. The van der Waals surface area contributed by atoms with E-state index in [1.165, 1.54) is 5.56 Å². The molecule has 0 aliphatic carbocycles. The van der Waals surface area contributed by atoms with Gasteiger partial charge in [0.1, 0.15) is 0 Å². The fraction of sp³-hybridized carbons (Fsp3) is 0.500. The number of benzene rings is 1. The first-order chi connectivity index (χ1) is 10.1. The Hall–Kier alpha value is -1.88. The molecule has 3 rings (SSSR count). The number of likely N-dealkylation sites (tertiary alicyclic amines) is 1. The Morgan fingerprint density at radius 2 is 2.05 bits per heavy atom. The van der Waals surface area contributed by atoms with Crippen molar-refractivity contribution in [1.29, 1.82) is 0 Å². The van der Waals surface area contributed by atoms with Crippen LogP contribution in [0.3, 0.4) is 0 Å². The number of nitrogens with zero attached hydrogens (tertiary/aromatic N) is 2. The zero-order chi connectivity index (χ0) is 14.8. The van der Waals surface area contributed by atoms with Crippen LogP contribution in [0.25, 0.3) is 0 Å². The van der Waals surface area contributed by atoms with Crippen LogP contribution in [0, 0.1) is 5.92 Å². The molecule has 1 amide bonds. The average molecular weight is 288 g/mol. The maximum Gasteiger partial charge on any atom is 0.307 e. The van der Waals surface area contributed by atoms with Crippen molar-refractivity contribution in [3.8, 4) is 0 Å². The molecule has 1 fully saturated rings. The van der Waals surface area contributed by atoms with E-state index in [1.54, 1.807) is 0 Å². The largest absolute Gasteiger partial charge is 0.481 e. The third-order valence-electron chi connectivity index (χ3n) is 4.40. The van der Waals surface area contributed by atoms with Crippen molar-refractivity contribution >= 4 is 17.6 Å². The highest BCUT2D eigenvalue weighted by Gasteiger charge is 2.29. The number of hydrogen-bond acceptors (Lipinski definition) is 3. The third-order valence-corrected chi connectivity index (χ3v) is 4.40. The van der Waals surface area contributed by atoms with Gasteiger partial charge in [0, 0.05) is 18.8 Å². The van der Waals surface area contributed by atoms with Crippen LogP contribution in [-0.2, 0) is 16.0 Å². The minimum atomic E-state index is -0.751. The number of carboxylic acids is 1. The number of carboxylic acid groups (broad SMARTS) is 1. The number of para-hydroxylation sites is 1. The Morgan fingerprint density at radius 3 is 2.86 bits per heavy atom. The molecule has 2 heterocycles. The molecule has 1 saturated heterocycles. The number of rotatable bonds is 3. The maximum absolute atomic E-state index is 12.5. The van der Waals surface area contributed by atoms with Gasteiger partial charge in [0.2, 0.25) is 5.91 Å². The highest BCUT2D eigenvalue weighted by molar-refractivity contribution is 5.96. The molecule has 2 aliphatic heterocycles. The molecule has 0 unspecified atom stereocenters. The van der Waals surface area contributed by atoms with Crippen LogP contribution >= 0.6 is 0 Å². The summed E-state index contributed by atoms with van der Waals surface area (Å²) in [5.74, 6) is -1.01. The van der Waals surface area contributed by atoms with Crippen molar-refractivity contribution in [2.45, 2.75) is 19.3 Å². The molecule has 0 spiro atoms. The van der Waals surface area contributed by atoms with E-state index in [4.69, 9.17) is 5.11 Å². The Balaban J connectivity index is 1.63. The van der Waals surface area contributed by atoms with Crippen molar-refractivity contribution in [1.82, 2.24) is 4.90 Å². The molecule has 0 saturated carbocycles. The Bertz CT molecular complexity index is 558. The smallest absolute Gasteiger partial charge is 0.307 e. The van der Waals surface area contributed by atoms with Crippen molar-refractivity contribution < 1.29 is 14.7 Å². The van der Waals surface area contributed by atoms with Gasteiger partial charge in [0.25, 0.3) is 0 Å². The number of carbonyl (C=O) groups excluding carboxylic acids is 1. The van der Waals surface area contributed by atoms with Crippen LogP contribution in [0.4, 0.5) is 5.69 Å². The summed E-state index contributed by atoms with van der Waals surface area (Å²) in [4.78, 5) is 27.4. The third kappa shape index (κ3) is 2.93. The van der Waals surface area contributed by atoms with Crippen molar-refractivity contribution in [2.24, 2.45) is 5.92 Å². The van der Waals surface area contributed by atoms with Crippen molar-refractivity contribution in [3.05, 3.63) is 29.8 Å². The highest BCUT2D eigenvalue weighted by Crippen LogP contribution is 2.27. The number of amides is 1. The van der Waals surface area contributed by atoms with E-state index < -0.39 is 5.97 Å². The Morgan fingerprint density at radius 1 is 1.24 bits per heavy atom. The van der Waals surface area contributed by atoms with Gasteiger partial charge in [0.05, 0.1) is 12.5 Å². The summed E-state index contributed by atoms with van der Waals surface area (Å²) in [7, 11) is 0. The molecule has 1 aromatic rings. The van der Waals surface area contributed by atoms with E-state index in [-0.39, 0.29) is 11.8 Å². The number of anilines is 1. The lowest BCUT2D eigenvalue weighted by molar-refractivity contribution is -0.144. The summed E-state index contributed by atoms with van der Waals surface area (Å²) in [6.45, 7) is 2.34. The van der Waals surface area contributed by atoms with Crippen LogP contribution in [0.15, 0.2) is 24.3 Å². The fourth-order valence-electron chi connectivity index (χ4n) is 3.27. The van der Waals surface area contributed by atoms with E-state index in [1.807, 2.05) is 28.0 Å². The lowest BCUT2D eigenvalue weighted by atomic mass is 9.98. The lowest BCUT2D eigenvalue weighted by Crippen LogP contribution is -2.45. The minimum absolute atomic E-state index is 0.0750. The molecular formula is C16H20N2O3. The molecule has 5 nitrogen and oxygen atoms in total. The molecule has 21 heavy (non-hydrogen) atoms. The molecule has 0 aromatic heterocycles. The summed E-state index contributed by atoms with van der Waals surface area (Å²) >= 11 is 0. The van der Waals surface area contributed by atoms with Gasteiger partial charge >= 0.3 is 5.97 Å². The summed E-state index contributed by atoms with van der Waals surface area (Å²) in [5, 5.41) is 9.11. The molecule has 0 bridgehead atoms. The van der Waals surface area contributed by atoms with E-state index in [2.05, 4.69) is 6.07 Å². The Kier molecular flexibility index (Phi) is 3.92. The number of carbonyl (C=O) groups is 2. The number of piperidine rings is 1. The van der Waals surface area contributed by atoms with Gasteiger partial charge < -0.3 is 10.0 Å². The first-order valence-electron chi connectivity index (χ1n) is 7.48. The number of hydrogen-bond donors (Lipinski definition) is 1. The van der Waals surface area contributed by atoms with E-state index in [9.17, 15) is 9.59 Å². The van der Waals surface area contributed by atoms with Gasteiger partial charge in [-0.05, 0) is 37.4 Å². The van der Waals surface area contributed by atoms with Gasteiger partial charge in [-0.2, -0.15) is 0 Å². The average Bonchev–Trinajstić information content (AvgIpc) is 2.91. The second-order valence-corrected chi connectivity index (χ2v) is 5.84. The second-order valence-electron chi connectivity index (χ2n) is 5.84. The van der Waals surface area contributed by atoms with Gasteiger partial charge in [-0.1, -0.05) is 18.2 Å². The number of fused-ring (bicyclic) bond motifs is 1. The van der Waals surface area contributed by atoms with Crippen LogP contribution in [0.5, 0.6) is 0 Å². The van der Waals surface area contributed by atoms with Gasteiger partial charge in [-0.3, -0.25) is 14.5 Å². The highest BCUT2D eigenvalue weighted by atomic mass is 16.4. The van der Waals surface area contributed by atoms with E-state index in [0.29, 0.717) is 19.5 Å². The summed E-state index contributed by atoms with van der Waals surface area (Å²) in [6, 6.07) is 7.99. The van der Waals surface area contributed by atoms with Crippen LogP contribution < -0.4 is 4.90 Å². The first-order valence-corrected chi connectivity index (χ1v) is 7.48. The van der Waals surface area contributed by atoms with Gasteiger partial charge in [-0.25, -0.2) is 0 Å². The first kappa shape index (κ1) is 14.1. The molecule has 2 aliphatic rings. The normalized spacial score (nSPS) is 22.1. The molecule has 1 aromatic carbocycles. The lowest BCUT2D eigenvalue weighted by Gasteiger charge is -2.31. The van der Waals surface area contributed by atoms with Gasteiger partial charge in [-0.15, -0.1) is 0 Å². The predicted molar refractivity (Wildman–Crippen MR) is 79.3 cm³/mol. The van der Waals surface area contributed by atoms with E-state index >= 15 is 0 Å². The molecule has 1 N–H and O–H groups in total. The van der Waals surface area contributed by atoms with Crippen LogP contribution in [0.1, 0.15) is 18.4 Å². The zero-order valence-corrected chi connectivity index (χ0v) is 12.0. The molecule has 5 heteroatoms. The quantitative estimate of drug-likeness (QED) is 0.912. The molecular weight excluding hydrogens is 268 g/mol.